The molecule has 2 fully saturated rings. The van der Waals surface area contributed by atoms with Gasteiger partial charge in [0.2, 0.25) is 0 Å². The van der Waals surface area contributed by atoms with Crippen LogP contribution in [0.15, 0.2) is 48.7 Å². The molecule has 1 aliphatic heterocycles. The molecule has 2 heterocycles. The molecule has 0 bridgehead atoms. The van der Waals surface area contributed by atoms with E-state index in [1.807, 2.05) is 12.1 Å². The number of pyridine rings is 1. The highest BCUT2D eigenvalue weighted by atomic mass is 16.1. The van der Waals surface area contributed by atoms with Gasteiger partial charge in [-0.15, -0.1) is 0 Å². The Labute approximate surface area is 167 Å². The van der Waals surface area contributed by atoms with Crippen molar-refractivity contribution in [1.29, 1.82) is 0 Å². The van der Waals surface area contributed by atoms with Crippen molar-refractivity contribution in [3.63, 3.8) is 0 Å². The molecule has 4 rings (SSSR count). The third kappa shape index (κ3) is 4.64. The average molecular weight is 379 g/mol. The zero-order chi connectivity index (χ0) is 19.2. The van der Waals surface area contributed by atoms with Crippen LogP contribution in [0, 0.1) is 0 Å². The molecule has 1 amide bonds. The molecule has 1 N–H and O–H groups in total. The van der Waals surface area contributed by atoms with Crippen molar-refractivity contribution in [1.82, 2.24) is 10.3 Å². The van der Waals surface area contributed by atoms with E-state index >= 15 is 0 Å². The number of anilines is 2. The van der Waals surface area contributed by atoms with Crippen LogP contribution in [0.4, 0.5) is 11.5 Å². The number of hydrogen-bond acceptors (Lipinski definition) is 4. The normalized spacial score (nSPS) is 18.6. The number of rotatable bonds is 4. The van der Waals surface area contributed by atoms with Gasteiger partial charge in [0.15, 0.2) is 0 Å². The molecule has 0 radical (unpaired) electrons. The molecule has 5 heteroatoms. The lowest BCUT2D eigenvalue weighted by atomic mass is 10.1. The maximum atomic E-state index is 12.5. The van der Waals surface area contributed by atoms with E-state index in [1.54, 1.807) is 6.20 Å². The highest BCUT2D eigenvalue weighted by Crippen LogP contribution is 2.20. The van der Waals surface area contributed by atoms with Crippen LogP contribution in [0.2, 0.25) is 0 Å². The van der Waals surface area contributed by atoms with Crippen LogP contribution in [0.25, 0.3) is 0 Å². The van der Waals surface area contributed by atoms with Crippen molar-refractivity contribution < 1.29 is 4.79 Å². The summed E-state index contributed by atoms with van der Waals surface area (Å²) in [5.74, 6) is 0.971. The zero-order valence-electron chi connectivity index (χ0n) is 16.5. The summed E-state index contributed by atoms with van der Waals surface area (Å²) in [4.78, 5) is 21.8. The largest absolute Gasteiger partial charge is 0.368 e. The molecule has 1 aromatic heterocycles. The summed E-state index contributed by atoms with van der Waals surface area (Å²) in [6.45, 7) is 3.84. The number of nitrogens with zero attached hydrogens (tertiary/aromatic N) is 3. The Morgan fingerprint density at radius 2 is 1.54 bits per heavy atom. The van der Waals surface area contributed by atoms with E-state index in [0.29, 0.717) is 11.6 Å². The Morgan fingerprint density at radius 3 is 2.18 bits per heavy atom. The minimum Gasteiger partial charge on any atom is -0.368 e. The van der Waals surface area contributed by atoms with Crippen LogP contribution in [-0.2, 0) is 0 Å². The molecule has 0 unspecified atom stereocenters. The van der Waals surface area contributed by atoms with E-state index in [1.165, 1.54) is 31.4 Å². The van der Waals surface area contributed by atoms with Gasteiger partial charge in [-0.1, -0.05) is 43.9 Å². The highest BCUT2D eigenvalue weighted by Gasteiger charge is 2.19. The molecule has 148 valence electrons. The lowest BCUT2D eigenvalue weighted by Gasteiger charge is -2.36. The predicted molar refractivity (Wildman–Crippen MR) is 114 cm³/mol. The fraction of sp³-hybridized carbons (Fsp3) is 0.478. The standard InChI is InChI=1S/C23H30N4O/c28-23(25-20-8-4-1-2-5-9-20)19-12-13-22(24-18-19)27-16-14-26(15-17-27)21-10-6-3-7-11-21/h3,6-7,10-13,18,20H,1-2,4-5,8-9,14-17H2,(H,25,28). The number of benzene rings is 1. The van der Waals surface area contributed by atoms with Gasteiger partial charge in [0, 0.05) is 44.1 Å². The smallest absolute Gasteiger partial charge is 0.253 e. The number of carbonyl (C=O) groups excluding carboxylic acids is 1. The van der Waals surface area contributed by atoms with Crippen molar-refractivity contribution in [2.75, 3.05) is 36.0 Å². The molecule has 1 saturated carbocycles. The van der Waals surface area contributed by atoms with Gasteiger partial charge in [-0.3, -0.25) is 4.79 Å². The minimum absolute atomic E-state index is 0.0137. The van der Waals surface area contributed by atoms with Gasteiger partial charge in [-0.05, 0) is 37.1 Å². The summed E-state index contributed by atoms with van der Waals surface area (Å²) < 4.78 is 0. The van der Waals surface area contributed by atoms with Crippen LogP contribution < -0.4 is 15.1 Å². The van der Waals surface area contributed by atoms with Crippen molar-refractivity contribution in [2.45, 2.75) is 44.6 Å². The summed E-state index contributed by atoms with van der Waals surface area (Å²) in [5.41, 5.74) is 1.94. The summed E-state index contributed by atoms with van der Waals surface area (Å²) in [6.07, 6.45) is 8.95. The van der Waals surface area contributed by atoms with E-state index < -0.39 is 0 Å². The van der Waals surface area contributed by atoms with Crippen molar-refractivity contribution in [3.05, 3.63) is 54.2 Å². The van der Waals surface area contributed by atoms with E-state index in [4.69, 9.17) is 0 Å². The van der Waals surface area contributed by atoms with Gasteiger partial charge in [-0.2, -0.15) is 0 Å². The second-order valence-corrected chi connectivity index (χ2v) is 7.88. The molecular formula is C23H30N4O. The van der Waals surface area contributed by atoms with Crippen LogP contribution >= 0.6 is 0 Å². The van der Waals surface area contributed by atoms with E-state index in [2.05, 4.69) is 50.4 Å². The minimum atomic E-state index is 0.0137. The monoisotopic (exact) mass is 378 g/mol. The average Bonchev–Trinajstić information content (AvgIpc) is 3.03. The molecule has 0 spiro atoms. The SMILES string of the molecule is O=C(NC1CCCCCC1)c1ccc(N2CCN(c3ccccc3)CC2)nc1. The predicted octanol–water partition coefficient (Wildman–Crippen LogP) is 3.86. The summed E-state index contributed by atoms with van der Waals surface area (Å²) in [5, 5.41) is 3.20. The van der Waals surface area contributed by atoms with Crippen molar-refractivity contribution in [2.24, 2.45) is 0 Å². The summed E-state index contributed by atoms with van der Waals surface area (Å²) >= 11 is 0. The molecule has 1 aromatic carbocycles. The first-order chi connectivity index (χ1) is 13.8. The maximum absolute atomic E-state index is 12.5. The Bertz CT molecular complexity index is 746. The molecule has 1 aliphatic carbocycles. The second kappa shape index (κ2) is 9.09. The van der Waals surface area contributed by atoms with Gasteiger partial charge < -0.3 is 15.1 Å². The van der Waals surface area contributed by atoms with E-state index in [-0.39, 0.29) is 5.91 Å². The van der Waals surface area contributed by atoms with Gasteiger partial charge in [0.1, 0.15) is 5.82 Å². The fourth-order valence-electron chi connectivity index (χ4n) is 4.23. The number of para-hydroxylation sites is 1. The van der Waals surface area contributed by atoms with Gasteiger partial charge in [-0.25, -0.2) is 4.98 Å². The van der Waals surface area contributed by atoms with Crippen LogP contribution in [0.3, 0.4) is 0 Å². The number of amides is 1. The van der Waals surface area contributed by atoms with Crippen LogP contribution in [0.1, 0.15) is 48.9 Å². The first-order valence-corrected chi connectivity index (χ1v) is 10.6. The highest BCUT2D eigenvalue weighted by molar-refractivity contribution is 5.94. The molecule has 2 aromatic rings. The second-order valence-electron chi connectivity index (χ2n) is 7.88. The third-order valence-corrected chi connectivity index (χ3v) is 5.93. The van der Waals surface area contributed by atoms with Crippen LogP contribution in [0.5, 0.6) is 0 Å². The number of aromatic nitrogens is 1. The van der Waals surface area contributed by atoms with E-state index in [0.717, 1.165) is 44.8 Å². The summed E-state index contributed by atoms with van der Waals surface area (Å²) in [6, 6.07) is 14.8. The van der Waals surface area contributed by atoms with Gasteiger partial charge >= 0.3 is 0 Å². The lowest BCUT2D eigenvalue weighted by molar-refractivity contribution is 0.0933. The fourth-order valence-corrected chi connectivity index (χ4v) is 4.23. The summed E-state index contributed by atoms with van der Waals surface area (Å²) in [7, 11) is 0. The molecule has 5 nitrogen and oxygen atoms in total. The maximum Gasteiger partial charge on any atom is 0.253 e. The number of piperazine rings is 1. The number of nitrogens with one attached hydrogen (secondary N) is 1. The Hall–Kier alpha value is -2.56. The van der Waals surface area contributed by atoms with Crippen molar-refractivity contribution >= 4 is 17.4 Å². The first-order valence-electron chi connectivity index (χ1n) is 10.6. The quantitative estimate of drug-likeness (QED) is 0.821. The molecule has 28 heavy (non-hydrogen) atoms. The van der Waals surface area contributed by atoms with Gasteiger partial charge in [0.05, 0.1) is 5.56 Å². The Balaban J connectivity index is 1.31. The topological polar surface area (TPSA) is 48.5 Å². The molecular weight excluding hydrogens is 348 g/mol. The van der Waals surface area contributed by atoms with Crippen LogP contribution in [-0.4, -0.2) is 43.1 Å². The Kier molecular flexibility index (Phi) is 6.10. The molecule has 0 atom stereocenters. The number of carbonyl (C=O) groups is 1. The van der Waals surface area contributed by atoms with Gasteiger partial charge in [0.25, 0.3) is 5.91 Å². The zero-order valence-corrected chi connectivity index (χ0v) is 16.5. The van der Waals surface area contributed by atoms with Crippen molar-refractivity contribution in [3.8, 4) is 0 Å². The molecule has 2 aliphatic rings. The first kappa shape index (κ1) is 18.8. The molecule has 1 saturated heterocycles. The Morgan fingerprint density at radius 1 is 0.857 bits per heavy atom. The number of hydrogen-bond donors (Lipinski definition) is 1. The van der Waals surface area contributed by atoms with E-state index in [9.17, 15) is 4.79 Å². The third-order valence-electron chi connectivity index (χ3n) is 5.93. The lowest BCUT2D eigenvalue weighted by Crippen LogP contribution is -2.46.